The van der Waals surface area contributed by atoms with Crippen LogP contribution in [0.15, 0.2) is 33.8 Å². The van der Waals surface area contributed by atoms with E-state index in [1.54, 1.807) is 7.11 Å². The van der Waals surface area contributed by atoms with Crippen molar-refractivity contribution < 1.29 is 9.15 Å². The van der Waals surface area contributed by atoms with Gasteiger partial charge >= 0.3 is 0 Å². The van der Waals surface area contributed by atoms with Crippen LogP contribution in [0, 0.1) is 0 Å². The van der Waals surface area contributed by atoms with Crippen molar-refractivity contribution in [2.45, 2.75) is 29.7 Å². The first-order valence-corrected chi connectivity index (χ1v) is 8.32. The topological polar surface area (TPSA) is 89.7 Å². The zero-order valence-electron chi connectivity index (χ0n) is 12.5. The van der Waals surface area contributed by atoms with E-state index in [2.05, 4.69) is 25.4 Å². The molecule has 8 heteroatoms. The summed E-state index contributed by atoms with van der Waals surface area (Å²) in [6.45, 7) is 0. The Balaban J connectivity index is 1.40. The summed E-state index contributed by atoms with van der Waals surface area (Å²) in [5.41, 5.74) is 0.864. The summed E-state index contributed by atoms with van der Waals surface area (Å²) in [4.78, 5) is 4.46. The van der Waals surface area contributed by atoms with E-state index >= 15 is 0 Å². The van der Waals surface area contributed by atoms with E-state index in [9.17, 15) is 0 Å². The molecule has 118 valence electrons. The lowest BCUT2D eigenvalue weighted by Gasteiger charge is -1.99. The molecule has 0 amide bonds. The normalized spacial score (nSPS) is 14.1. The van der Waals surface area contributed by atoms with E-state index in [4.69, 9.17) is 9.15 Å². The molecule has 2 heterocycles. The Hall–Kier alpha value is -2.35. The number of aromatic amines is 1. The summed E-state index contributed by atoms with van der Waals surface area (Å²) >= 11 is 1.48. The molecule has 2 aromatic heterocycles. The molecule has 7 nitrogen and oxygen atoms in total. The lowest BCUT2D eigenvalue weighted by molar-refractivity contribution is 0.415. The first-order valence-electron chi connectivity index (χ1n) is 7.34. The van der Waals surface area contributed by atoms with E-state index in [0.717, 1.165) is 22.3 Å². The van der Waals surface area contributed by atoms with Crippen LogP contribution in [0.5, 0.6) is 5.75 Å². The van der Waals surface area contributed by atoms with Crippen LogP contribution in [0.1, 0.15) is 30.5 Å². The number of methoxy groups -OCH3 is 1. The van der Waals surface area contributed by atoms with Gasteiger partial charge in [0, 0.05) is 11.5 Å². The van der Waals surface area contributed by atoms with Crippen LogP contribution >= 0.6 is 11.8 Å². The van der Waals surface area contributed by atoms with Gasteiger partial charge in [0.1, 0.15) is 11.6 Å². The van der Waals surface area contributed by atoms with E-state index < -0.39 is 0 Å². The molecule has 0 saturated heterocycles. The van der Waals surface area contributed by atoms with Crippen molar-refractivity contribution in [1.82, 2.24) is 25.4 Å². The van der Waals surface area contributed by atoms with Crippen LogP contribution in [-0.2, 0) is 5.75 Å². The van der Waals surface area contributed by atoms with Crippen molar-refractivity contribution >= 4 is 11.8 Å². The van der Waals surface area contributed by atoms with Crippen molar-refractivity contribution in [2.24, 2.45) is 0 Å². The molecule has 0 aliphatic heterocycles. The van der Waals surface area contributed by atoms with Crippen molar-refractivity contribution in [3.8, 4) is 17.2 Å². The smallest absolute Gasteiger partial charge is 0.247 e. The van der Waals surface area contributed by atoms with Gasteiger partial charge in [-0.15, -0.1) is 15.3 Å². The molecule has 0 atom stereocenters. The van der Waals surface area contributed by atoms with Gasteiger partial charge in [0.25, 0.3) is 0 Å². The van der Waals surface area contributed by atoms with E-state index in [0.29, 0.717) is 23.5 Å². The van der Waals surface area contributed by atoms with Crippen molar-refractivity contribution in [1.29, 1.82) is 0 Å². The molecular weight excluding hydrogens is 314 g/mol. The largest absolute Gasteiger partial charge is 0.497 e. The summed E-state index contributed by atoms with van der Waals surface area (Å²) < 4.78 is 10.8. The lowest BCUT2D eigenvalue weighted by Crippen LogP contribution is -1.83. The molecule has 1 saturated carbocycles. The number of aromatic nitrogens is 5. The number of nitrogens with zero attached hydrogens (tertiary/aromatic N) is 4. The van der Waals surface area contributed by atoms with Gasteiger partial charge in [-0.25, -0.2) is 4.98 Å². The molecule has 3 aromatic rings. The van der Waals surface area contributed by atoms with E-state index in [1.165, 1.54) is 24.6 Å². The Labute approximate surface area is 136 Å². The highest BCUT2D eigenvalue weighted by atomic mass is 32.2. The third-order valence-electron chi connectivity index (χ3n) is 3.57. The van der Waals surface area contributed by atoms with Gasteiger partial charge in [-0.3, -0.25) is 5.10 Å². The number of H-pyrrole nitrogens is 1. The number of nitrogens with one attached hydrogen (secondary N) is 1. The van der Waals surface area contributed by atoms with Gasteiger partial charge in [0.15, 0.2) is 0 Å². The van der Waals surface area contributed by atoms with Crippen LogP contribution in [0.2, 0.25) is 0 Å². The number of thioether (sulfide) groups is 1. The summed E-state index contributed by atoms with van der Waals surface area (Å²) in [5, 5.41) is 16.1. The summed E-state index contributed by atoms with van der Waals surface area (Å²) in [7, 11) is 1.63. The molecule has 23 heavy (non-hydrogen) atoms. The molecule has 1 N–H and O–H groups in total. The van der Waals surface area contributed by atoms with Crippen LogP contribution in [0.3, 0.4) is 0 Å². The van der Waals surface area contributed by atoms with Gasteiger partial charge in [-0.2, -0.15) is 0 Å². The zero-order chi connectivity index (χ0) is 15.6. The third-order valence-corrected chi connectivity index (χ3v) is 4.41. The van der Waals surface area contributed by atoms with Crippen molar-refractivity contribution in [3.63, 3.8) is 0 Å². The Morgan fingerprint density at radius 2 is 2.09 bits per heavy atom. The van der Waals surface area contributed by atoms with Gasteiger partial charge in [-0.05, 0) is 37.1 Å². The minimum Gasteiger partial charge on any atom is -0.497 e. The second-order valence-corrected chi connectivity index (χ2v) is 6.24. The maximum absolute atomic E-state index is 5.68. The monoisotopic (exact) mass is 329 g/mol. The fraction of sp³-hybridized carbons (Fsp3) is 0.333. The summed E-state index contributed by atoms with van der Waals surface area (Å²) in [6, 6.07) is 7.50. The first-order chi connectivity index (χ1) is 11.3. The maximum Gasteiger partial charge on any atom is 0.247 e. The standard InChI is InChI=1S/C15H15N5O2S/c1-21-11-6-4-10(5-7-11)14-19-17-12(22-14)8-23-15-16-13(18-20-15)9-2-3-9/h4-7,9H,2-3,8H2,1H3,(H,16,18,20). The molecular formula is C15H15N5O2S. The number of benzene rings is 1. The summed E-state index contributed by atoms with van der Waals surface area (Å²) in [6.07, 6.45) is 2.41. The molecule has 1 aromatic carbocycles. The SMILES string of the molecule is COc1ccc(-c2nnc(CSc3n[nH]c(C4CC4)n3)o2)cc1. The van der Waals surface area contributed by atoms with Crippen molar-refractivity contribution in [3.05, 3.63) is 36.0 Å². The van der Waals surface area contributed by atoms with Gasteiger partial charge in [0.2, 0.25) is 16.9 Å². The fourth-order valence-electron chi connectivity index (χ4n) is 2.15. The summed E-state index contributed by atoms with van der Waals surface area (Å²) in [5.74, 6) is 3.94. The lowest BCUT2D eigenvalue weighted by atomic mass is 10.2. The van der Waals surface area contributed by atoms with Crippen LogP contribution < -0.4 is 4.74 Å². The number of ether oxygens (including phenoxy) is 1. The average molecular weight is 329 g/mol. The minimum absolute atomic E-state index is 0.497. The molecule has 1 aliphatic carbocycles. The third kappa shape index (κ3) is 3.21. The second kappa shape index (κ2) is 6.04. The van der Waals surface area contributed by atoms with Gasteiger partial charge in [0.05, 0.1) is 12.9 Å². The highest BCUT2D eigenvalue weighted by Crippen LogP contribution is 2.38. The van der Waals surface area contributed by atoms with Gasteiger partial charge < -0.3 is 9.15 Å². The predicted molar refractivity (Wildman–Crippen MR) is 84.2 cm³/mol. The van der Waals surface area contributed by atoms with E-state index in [1.807, 2.05) is 24.3 Å². The molecule has 1 aliphatic rings. The highest BCUT2D eigenvalue weighted by Gasteiger charge is 2.27. The molecule has 0 unspecified atom stereocenters. The van der Waals surface area contributed by atoms with E-state index in [-0.39, 0.29) is 0 Å². The second-order valence-electron chi connectivity index (χ2n) is 5.30. The Morgan fingerprint density at radius 1 is 1.26 bits per heavy atom. The number of rotatable bonds is 6. The molecule has 1 fully saturated rings. The van der Waals surface area contributed by atoms with Gasteiger partial charge in [-0.1, -0.05) is 11.8 Å². The Morgan fingerprint density at radius 3 is 2.83 bits per heavy atom. The maximum atomic E-state index is 5.68. The van der Waals surface area contributed by atoms with Crippen molar-refractivity contribution in [2.75, 3.05) is 7.11 Å². The molecule has 4 rings (SSSR count). The number of hydrogen-bond acceptors (Lipinski definition) is 7. The Kier molecular flexibility index (Phi) is 3.74. The average Bonchev–Trinajstić information content (AvgIpc) is 3.15. The zero-order valence-corrected chi connectivity index (χ0v) is 13.3. The predicted octanol–water partition coefficient (Wildman–Crippen LogP) is 3.03. The highest BCUT2D eigenvalue weighted by molar-refractivity contribution is 7.98. The first kappa shape index (κ1) is 14.3. The quantitative estimate of drug-likeness (QED) is 0.695. The molecule has 0 bridgehead atoms. The Bertz CT molecular complexity index is 794. The fourth-order valence-corrected chi connectivity index (χ4v) is 2.79. The van der Waals surface area contributed by atoms with Crippen LogP contribution in [0.25, 0.3) is 11.5 Å². The number of hydrogen-bond donors (Lipinski definition) is 1. The van der Waals surface area contributed by atoms with Crippen LogP contribution in [0.4, 0.5) is 0 Å². The van der Waals surface area contributed by atoms with Crippen LogP contribution in [-0.4, -0.2) is 32.5 Å². The molecule has 0 radical (unpaired) electrons. The minimum atomic E-state index is 0.497. The molecule has 0 spiro atoms.